The van der Waals surface area contributed by atoms with Gasteiger partial charge in [-0.05, 0) is 60.4 Å². The van der Waals surface area contributed by atoms with Crippen molar-refractivity contribution in [3.05, 3.63) is 57.3 Å². The van der Waals surface area contributed by atoms with Crippen LogP contribution >= 0.6 is 45.7 Å². The molecule has 0 fully saturated rings. The van der Waals surface area contributed by atoms with Gasteiger partial charge in [-0.1, -0.05) is 85.1 Å². The molecule has 5 rings (SSSR count). The lowest BCUT2D eigenvalue weighted by molar-refractivity contribution is 0.452. The number of rotatable bonds is 15. The van der Waals surface area contributed by atoms with Crippen molar-refractivity contribution in [2.75, 3.05) is 0 Å². The number of fused-ring (bicyclic) bond motifs is 1. The van der Waals surface area contributed by atoms with Crippen molar-refractivity contribution in [2.24, 2.45) is 11.8 Å². The standard InChI is InChI=1S/C34H41FN2S4/c1-5-9-12-22(7-3)20-24-15-17-27(39-24)29-30(26-14-11-19-38-26)33-34(37-41-36-33)31(32(29)35)28-18-16-25(40-28)21-23(8-4)13-10-6-2/h11,14-19,22-23H,5-10,12-13,20-21H2,1-4H3. The lowest BCUT2D eigenvalue weighted by Gasteiger charge is -2.14. The van der Waals surface area contributed by atoms with E-state index >= 15 is 4.39 Å². The molecule has 4 heterocycles. The van der Waals surface area contributed by atoms with E-state index in [4.69, 9.17) is 4.37 Å². The molecule has 2 nitrogen and oxygen atoms in total. The first-order valence-electron chi connectivity index (χ1n) is 15.3. The summed E-state index contributed by atoms with van der Waals surface area (Å²) in [5.41, 5.74) is 3.70. The number of halogens is 1. The topological polar surface area (TPSA) is 25.8 Å². The molecule has 5 aromatic rings. The Morgan fingerprint density at radius 2 is 1.24 bits per heavy atom. The summed E-state index contributed by atoms with van der Waals surface area (Å²) < 4.78 is 26.5. The average molecular weight is 625 g/mol. The van der Waals surface area contributed by atoms with Gasteiger partial charge in [0.2, 0.25) is 0 Å². The van der Waals surface area contributed by atoms with E-state index < -0.39 is 0 Å². The van der Waals surface area contributed by atoms with Crippen LogP contribution in [-0.2, 0) is 12.8 Å². The highest BCUT2D eigenvalue weighted by Gasteiger charge is 2.28. The Morgan fingerprint density at radius 1 is 0.683 bits per heavy atom. The largest absolute Gasteiger partial charge is 0.205 e. The quantitative estimate of drug-likeness (QED) is 0.116. The second-order valence-corrected chi connectivity index (χ2v) is 15.0. The SMILES string of the molecule is CCCCC(CC)Cc1ccc(-c2c(F)c(-c3ccc(CC(CC)CCCC)s3)c3nsnc3c2-c2cccs2)s1. The van der Waals surface area contributed by atoms with Crippen molar-refractivity contribution in [3.8, 4) is 31.3 Å². The molecular formula is C34H41FN2S4. The maximum Gasteiger partial charge on any atom is 0.143 e. The molecule has 0 aliphatic rings. The maximum absolute atomic E-state index is 17.1. The van der Waals surface area contributed by atoms with Gasteiger partial charge in [0.05, 0.1) is 17.3 Å². The minimum absolute atomic E-state index is 0.161. The molecule has 1 aromatic carbocycles. The number of unbranched alkanes of at least 4 members (excludes halogenated alkanes) is 2. The van der Waals surface area contributed by atoms with Crippen LogP contribution in [-0.4, -0.2) is 8.75 Å². The Balaban J connectivity index is 1.59. The summed E-state index contributed by atoms with van der Waals surface area (Å²) in [4.78, 5) is 5.67. The third kappa shape index (κ3) is 6.84. The highest BCUT2D eigenvalue weighted by Crippen LogP contribution is 2.49. The number of nitrogens with zero attached hydrogens (tertiary/aromatic N) is 2. The second-order valence-electron chi connectivity index (χ2n) is 11.2. The van der Waals surface area contributed by atoms with Crippen molar-refractivity contribution in [2.45, 2.75) is 91.9 Å². The zero-order valence-electron chi connectivity index (χ0n) is 24.7. The van der Waals surface area contributed by atoms with E-state index in [2.05, 4.69) is 67.8 Å². The highest BCUT2D eigenvalue weighted by atomic mass is 32.1. The van der Waals surface area contributed by atoms with Gasteiger partial charge in [0, 0.05) is 35.5 Å². The number of benzene rings is 1. The molecule has 0 bridgehead atoms. The fourth-order valence-corrected chi connectivity index (χ4v) is 9.46. The Bertz CT molecular complexity index is 1530. The van der Waals surface area contributed by atoms with Gasteiger partial charge in [-0.25, -0.2) is 4.39 Å². The van der Waals surface area contributed by atoms with Crippen LogP contribution in [0.1, 0.15) is 88.8 Å². The van der Waals surface area contributed by atoms with Crippen LogP contribution in [0.25, 0.3) is 42.4 Å². The fraction of sp³-hybridized carbons (Fsp3) is 0.471. The Labute approximate surface area is 261 Å². The van der Waals surface area contributed by atoms with E-state index in [9.17, 15) is 0 Å². The molecule has 0 aliphatic heterocycles. The van der Waals surface area contributed by atoms with Crippen LogP contribution in [0.15, 0.2) is 41.8 Å². The number of hydrogen-bond donors (Lipinski definition) is 0. The Hall–Kier alpha value is -1.93. The van der Waals surface area contributed by atoms with Gasteiger partial charge in [0.1, 0.15) is 16.9 Å². The summed E-state index contributed by atoms with van der Waals surface area (Å²) in [7, 11) is 0. The molecule has 7 heteroatoms. The zero-order valence-corrected chi connectivity index (χ0v) is 27.9. The van der Waals surface area contributed by atoms with Crippen molar-refractivity contribution in [1.82, 2.24) is 8.75 Å². The molecule has 0 N–H and O–H groups in total. The minimum Gasteiger partial charge on any atom is -0.205 e. The molecule has 41 heavy (non-hydrogen) atoms. The van der Waals surface area contributed by atoms with E-state index in [1.807, 2.05) is 6.07 Å². The summed E-state index contributed by atoms with van der Waals surface area (Å²) in [5.74, 6) is 1.20. The predicted molar refractivity (Wildman–Crippen MR) is 181 cm³/mol. The second kappa shape index (κ2) is 14.5. The number of hydrogen-bond acceptors (Lipinski definition) is 6. The summed E-state index contributed by atoms with van der Waals surface area (Å²) in [6.07, 6.45) is 12.0. The minimum atomic E-state index is -0.161. The van der Waals surface area contributed by atoms with Gasteiger partial charge >= 0.3 is 0 Å². The van der Waals surface area contributed by atoms with Crippen LogP contribution in [0.3, 0.4) is 0 Å². The summed E-state index contributed by atoms with van der Waals surface area (Å²) in [6.45, 7) is 9.10. The molecule has 0 aliphatic carbocycles. The smallest absolute Gasteiger partial charge is 0.143 e. The highest BCUT2D eigenvalue weighted by molar-refractivity contribution is 7.16. The lowest BCUT2D eigenvalue weighted by atomic mass is 9.95. The third-order valence-electron chi connectivity index (χ3n) is 8.30. The van der Waals surface area contributed by atoms with Crippen LogP contribution in [0.2, 0.25) is 0 Å². The van der Waals surface area contributed by atoms with Gasteiger partial charge in [-0.2, -0.15) is 8.75 Å². The lowest BCUT2D eigenvalue weighted by Crippen LogP contribution is -2.01. The van der Waals surface area contributed by atoms with Crippen molar-refractivity contribution in [3.63, 3.8) is 0 Å². The summed E-state index contributed by atoms with van der Waals surface area (Å²) in [5, 5.41) is 2.06. The van der Waals surface area contributed by atoms with Gasteiger partial charge in [-0.15, -0.1) is 34.0 Å². The number of aromatic nitrogens is 2. The normalized spacial score (nSPS) is 13.3. The first kappa shape index (κ1) is 30.5. The predicted octanol–water partition coefficient (Wildman–Crippen LogP) is 12.5. The Morgan fingerprint density at radius 3 is 1.76 bits per heavy atom. The first-order valence-corrected chi connectivity index (χ1v) is 18.5. The molecule has 0 spiro atoms. The van der Waals surface area contributed by atoms with Gasteiger partial charge < -0.3 is 0 Å². The fourth-order valence-electron chi connectivity index (χ4n) is 5.79. The van der Waals surface area contributed by atoms with E-state index in [1.165, 1.54) is 72.8 Å². The average Bonchev–Trinajstić information content (AvgIpc) is 3.81. The van der Waals surface area contributed by atoms with Crippen molar-refractivity contribution in [1.29, 1.82) is 0 Å². The Kier molecular flexibility index (Phi) is 10.8. The zero-order chi connectivity index (χ0) is 28.8. The van der Waals surface area contributed by atoms with E-state index in [0.717, 1.165) is 38.6 Å². The summed E-state index contributed by atoms with van der Waals surface area (Å²) >= 11 is 6.31. The molecule has 0 amide bonds. The molecule has 4 aromatic heterocycles. The maximum atomic E-state index is 17.1. The van der Waals surface area contributed by atoms with Crippen molar-refractivity contribution >= 4 is 56.8 Å². The number of thiophene rings is 3. The van der Waals surface area contributed by atoms with Crippen LogP contribution in [0, 0.1) is 17.7 Å². The molecule has 2 atom stereocenters. The van der Waals surface area contributed by atoms with E-state index in [-0.39, 0.29) is 5.82 Å². The molecule has 2 unspecified atom stereocenters. The summed E-state index contributed by atoms with van der Waals surface area (Å²) in [6, 6.07) is 12.8. The van der Waals surface area contributed by atoms with Crippen LogP contribution in [0.5, 0.6) is 0 Å². The van der Waals surface area contributed by atoms with Crippen molar-refractivity contribution < 1.29 is 4.39 Å². The molecule has 0 saturated heterocycles. The molecular weight excluding hydrogens is 584 g/mol. The molecule has 0 radical (unpaired) electrons. The monoisotopic (exact) mass is 624 g/mol. The van der Waals surface area contributed by atoms with E-state index in [0.29, 0.717) is 28.5 Å². The first-order chi connectivity index (χ1) is 20.1. The van der Waals surface area contributed by atoms with Gasteiger partial charge in [0.25, 0.3) is 0 Å². The third-order valence-corrected chi connectivity index (χ3v) is 12.0. The van der Waals surface area contributed by atoms with Crippen LogP contribution < -0.4 is 0 Å². The molecule has 0 saturated carbocycles. The molecule has 218 valence electrons. The van der Waals surface area contributed by atoms with Gasteiger partial charge in [-0.3, -0.25) is 0 Å². The van der Waals surface area contributed by atoms with Gasteiger partial charge in [0.15, 0.2) is 0 Å². The van der Waals surface area contributed by atoms with Crippen LogP contribution in [0.4, 0.5) is 4.39 Å². The van der Waals surface area contributed by atoms with E-state index in [1.54, 1.807) is 34.0 Å².